The first-order chi connectivity index (χ1) is 8.18. The zero-order valence-electron chi connectivity index (χ0n) is 9.01. The van der Waals surface area contributed by atoms with Gasteiger partial charge in [0.1, 0.15) is 11.8 Å². The Morgan fingerprint density at radius 2 is 2.24 bits per heavy atom. The molecule has 2 heterocycles. The predicted octanol–water partition coefficient (Wildman–Crippen LogP) is 2.46. The Morgan fingerprint density at radius 1 is 1.41 bits per heavy atom. The Morgan fingerprint density at radius 3 is 2.94 bits per heavy atom. The van der Waals surface area contributed by atoms with Crippen LogP contribution in [0.3, 0.4) is 0 Å². The van der Waals surface area contributed by atoms with Crippen LogP contribution in [-0.2, 0) is 7.05 Å². The van der Waals surface area contributed by atoms with Crippen LogP contribution >= 0.6 is 11.6 Å². The van der Waals surface area contributed by atoms with Gasteiger partial charge < -0.3 is 14.8 Å². The predicted molar refractivity (Wildman–Crippen MR) is 65.6 cm³/mol. The van der Waals surface area contributed by atoms with Crippen LogP contribution in [0.5, 0.6) is 0 Å². The summed E-state index contributed by atoms with van der Waals surface area (Å²) in [5.41, 5.74) is 9.11. The van der Waals surface area contributed by atoms with Crippen LogP contribution in [0.15, 0.2) is 29.1 Å². The smallest absolute Gasteiger partial charge is 0.200 e. The number of nitrogens with two attached hydrogens (primary N) is 1. The number of hydrogen-bond acceptors (Lipinski definition) is 4. The number of benzene rings is 1. The molecule has 0 atom stereocenters. The van der Waals surface area contributed by atoms with E-state index in [2.05, 4.69) is 10.1 Å². The summed E-state index contributed by atoms with van der Waals surface area (Å²) in [4.78, 5) is 4.32. The highest BCUT2D eigenvalue weighted by molar-refractivity contribution is 6.35. The van der Waals surface area contributed by atoms with Crippen molar-refractivity contribution in [3.8, 4) is 11.1 Å². The van der Waals surface area contributed by atoms with Gasteiger partial charge in [0, 0.05) is 18.2 Å². The van der Waals surface area contributed by atoms with E-state index in [4.69, 9.17) is 21.9 Å². The molecule has 5 nitrogen and oxygen atoms in total. The maximum absolute atomic E-state index is 6.15. The van der Waals surface area contributed by atoms with Crippen LogP contribution in [0, 0.1) is 0 Å². The lowest BCUT2D eigenvalue weighted by Gasteiger charge is -2.02. The summed E-state index contributed by atoms with van der Waals surface area (Å²) in [6, 6.07) is 3.69. The molecule has 86 valence electrons. The van der Waals surface area contributed by atoms with Crippen molar-refractivity contribution in [1.29, 1.82) is 0 Å². The molecule has 0 amide bonds. The largest absolute Gasteiger partial charge is 0.369 e. The van der Waals surface area contributed by atoms with E-state index in [0.717, 1.165) is 22.2 Å². The molecule has 0 aliphatic heterocycles. The number of fused-ring (bicyclic) bond motifs is 1. The molecule has 0 aliphatic rings. The van der Waals surface area contributed by atoms with Crippen molar-refractivity contribution in [2.45, 2.75) is 0 Å². The molecular weight excluding hydrogens is 240 g/mol. The number of nitrogen functional groups attached to an aromatic ring is 1. The highest BCUT2D eigenvalue weighted by Gasteiger charge is 2.14. The third-order valence-corrected chi connectivity index (χ3v) is 3.06. The molecule has 1 aromatic carbocycles. The molecule has 3 aromatic rings. The van der Waals surface area contributed by atoms with Gasteiger partial charge in [0.25, 0.3) is 0 Å². The summed E-state index contributed by atoms with van der Waals surface area (Å²) in [6.07, 6.45) is 3.20. The fourth-order valence-electron chi connectivity index (χ4n) is 1.86. The molecule has 0 bridgehead atoms. The zero-order valence-corrected chi connectivity index (χ0v) is 9.77. The fraction of sp³-hybridized carbons (Fsp3) is 0.0909. The molecule has 0 fully saturated rings. The molecule has 2 aromatic heterocycles. The van der Waals surface area contributed by atoms with E-state index in [-0.39, 0.29) is 0 Å². The average molecular weight is 249 g/mol. The number of anilines is 1. The first-order valence-corrected chi connectivity index (χ1v) is 5.36. The summed E-state index contributed by atoms with van der Waals surface area (Å²) in [5.74, 6) is 0.422. The first-order valence-electron chi connectivity index (χ1n) is 4.98. The zero-order chi connectivity index (χ0) is 12.0. The Bertz CT molecular complexity index is 687. The van der Waals surface area contributed by atoms with Crippen molar-refractivity contribution in [2.75, 3.05) is 5.73 Å². The van der Waals surface area contributed by atoms with Gasteiger partial charge in [-0.2, -0.15) is 0 Å². The molecule has 0 unspecified atom stereocenters. The summed E-state index contributed by atoms with van der Waals surface area (Å²) in [7, 11) is 1.83. The third kappa shape index (κ3) is 1.39. The van der Waals surface area contributed by atoms with Crippen LogP contribution < -0.4 is 5.73 Å². The van der Waals surface area contributed by atoms with E-state index in [1.165, 1.54) is 0 Å². The summed E-state index contributed by atoms with van der Waals surface area (Å²) >= 11 is 6.15. The Hall–Kier alpha value is -2.01. The summed E-state index contributed by atoms with van der Waals surface area (Å²) in [5, 5.41) is 4.30. The topological polar surface area (TPSA) is 69.9 Å². The minimum absolute atomic E-state index is 0.422. The lowest BCUT2D eigenvalue weighted by Crippen LogP contribution is -1.96. The summed E-state index contributed by atoms with van der Waals surface area (Å²) in [6.45, 7) is 0. The molecule has 0 spiro atoms. The van der Waals surface area contributed by atoms with Crippen molar-refractivity contribution < 1.29 is 4.52 Å². The van der Waals surface area contributed by atoms with Gasteiger partial charge in [-0.05, 0) is 6.07 Å². The number of aromatic nitrogens is 3. The van der Waals surface area contributed by atoms with Crippen LogP contribution in [0.1, 0.15) is 0 Å². The van der Waals surface area contributed by atoms with Gasteiger partial charge in [0.2, 0.25) is 5.95 Å². The quantitative estimate of drug-likeness (QED) is 0.718. The first kappa shape index (κ1) is 10.2. The SMILES string of the molecule is Cn1c(N)nc2c(-c3cnoc3)ccc(Cl)c21. The highest BCUT2D eigenvalue weighted by atomic mass is 35.5. The van der Waals surface area contributed by atoms with Gasteiger partial charge in [-0.1, -0.05) is 22.8 Å². The van der Waals surface area contributed by atoms with E-state index >= 15 is 0 Å². The molecule has 0 saturated carbocycles. The second-order valence-electron chi connectivity index (χ2n) is 3.73. The minimum Gasteiger partial charge on any atom is -0.369 e. The van der Waals surface area contributed by atoms with Crippen molar-refractivity contribution in [2.24, 2.45) is 7.05 Å². The van der Waals surface area contributed by atoms with Crippen LogP contribution in [-0.4, -0.2) is 14.7 Å². The van der Waals surface area contributed by atoms with E-state index in [0.29, 0.717) is 11.0 Å². The number of aryl methyl sites for hydroxylation is 1. The fourth-order valence-corrected chi connectivity index (χ4v) is 2.14. The normalized spacial score (nSPS) is 11.2. The lowest BCUT2D eigenvalue weighted by atomic mass is 10.1. The van der Waals surface area contributed by atoms with Gasteiger partial charge in [-0.25, -0.2) is 4.98 Å². The Labute approximate surface area is 102 Å². The van der Waals surface area contributed by atoms with Crippen molar-refractivity contribution >= 4 is 28.6 Å². The maximum atomic E-state index is 6.15. The van der Waals surface area contributed by atoms with E-state index in [1.807, 2.05) is 19.2 Å². The number of rotatable bonds is 1. The van der Waals surface area contributed by atoms with Gasteiger partial charge in [0.05, 0.1) is 16.7 Å². The molecule has 2 N–H and O–H groups in total. The molecule has 0 aliphatic carbocycles. The number of imidazole rings is 1. The number of halogens is 1. The lowest BCUT2D eigenvalue weighted by molar-refractivity contribution is 0.420. The average Bonchev–Trinajstić information content (AvgIpc) is 2.90. The third-order valence-electron chi connectivity index (χ3n) is 2.75. The van der Waals surface area contributed by atoms with Crippen molar-refractivity contribution in [3.05, 3.63) is 29.6 Å². The highest BCUT2D eigenvalue weighted by Crippen LogP contribution is 2.33. The molecule has 3 rings (SSSR count). The van der Waals surface area contributed by atoms with E-state index < -0.39 is 0 Å². The molecular formula is C11H9ClN4O. The Balaban J connectivity index is 2.42. The minimum atomic E-state index is 0.422. The molecule has 17 heavy (non-hydrogen) atoms. The molecule has 0 radical (unpaired) electrons. The van der Waals surface area contributed by atoms with Crippen molar-refractivity contribution in [3.63, 3.8) is 0 Å². The molecule has 0 saturated heterocycles. The second-order valence-corrected chi connectivity index (χ2v) is 4.14. The van der Waals surface area contributed by atoms with Gasteiger partial charge in [0.15, 0.2) is 0 Å². The second kappa shape index (κ2) is 3.49. The van der Waals surface area contributed by atoms with Crippen LogP contribution in [0.2, 0.25) is 5.02 Å². The van der Waals surface area contributed by atoms with E-state index in [1.54, 1.807) is 17.0 Å². The monoisotopic (exact) mass is 248 g/mol. The van der Waals surface area contributed by atoms with E-state index in [9.17, 15) is 0 Å². The Kier molecular flexibility index (Phi) is 2.09. The van der Waals surface area contributed by atoms with Gasteiger partial charge in [-0.15, -0.1) is 0 Å². The number of nitrogens with zero attached hydrogens (tertiary/aromatic N) is 3. The van der Waals surface area contributed by atoms with Gasteiger partial charge in [-0.3, -0.25) is 0 Å². The maximum Gasteiger partial charge on any atom is 0.200 e. The summed E-state index contributed by atoms with van der Waals surface area (Å²) < 4.78 is 6.59. The van der Waals surface area contributed by atoms with Crippen LogP contribution in [0.25, 0.3) is 22.2 Å². The molecule has 6 heteroatoms. The van der Waals surface area contributed by atoms with Crippen molar-refractivity contribution in [1.82, 2.24) is 14.7 Å². The van der Waals surface area contributed by atoms with Crippen LogP contribution in [0.4, 0.5) is 5.95 Å². The standard InChI is InChI=1S/C11H9ClN4O/c1-16-10-8(12)3-2-7(6-4-14-17-5-6)9(10)15-11(16)13/h2-5H,1H3,(H2,13,15). The van der Waals surface area contributed by atoms with Gasteiger partial charge >= 0.3 is 0 Å². The number of hydrogen-bond donors (Lipinski definition) is 1.